The van der Waals surface area contributed by atoms with Crippen molar-refractivity contribution in [2.24, 2.45) is 5.41 Å². The number of carbonyl (C=O) groups excluding carboxylic acids is 1. The lowest BCUT2D eigenvalue weighted by Crippen LogP contribution is -2.35. The fraction of sp³-hybridized carbons (Fsp3) is 0.478. The molecule has 0 aliphatic carbocycles. The topological polar surface area (TPSA) is 154 Å². The number of benzene rings is 1. The summed E-state index contributed by atoms with van der Waals surface area (Å²) in [6.07, 6.45) is 3.00. The van der Waals surface area contributed by atoms with Crippen LogP contribution in [0.15, 0.2) is 41.5 Å². The van der Waals surface area contributed by atoms with Crippen molar-refractivity contribution in [2.75, 3.05) is 18.5 Å². The van der Waals surface area contributed by atoms with Gasteiger partial charge in [-0.05, 0) is 44.2 Å². The Labute approximate surface area is 203 Å². The van der Waals surface area contributed by atoms with Gasteiger partial charge < -0.3 is 19.6 Å². The minimum absolute atomic E-state index is 0.0318. The van der Waals surface area contributed by atoms with Gasteiger partial charge in [0, 0.05) is 6.54 Å². The maximum atomic E-state index is 13.8. The molecule has 2 atom stereocenters. The minimum Gasteiger partial charge on any atom is -0.465 e. The molecule has 0 saturated carbocycles. The van der Waals surface area contributed by atoms with Gasteiger partial charge in [0.05, 0.1) is 19.1 Å². The van der Waals surface area contributed by atoms with Crippen LogP contribution in [0.5, 0.6) is 5.75 Å². The SMILES string of the molecule is CCOC(=O)C(C)NP(=O)(CCC(C)(C)CCn1cnc2c(=O)[nH]c(N)nc21)Oc1ccccc1. The van der Waals surface area contributed by atoms with E-state index >= 15 is 0 Å². The number of anilines is 1. The van der Waals surface area contributed by atoms with Crippen molar-refractivity contribution in [1.82, 2.24) is 24.6 Å². The summed E-state index contributed by atoms with van der Waals surface area (Å²) in [6, 6.07) is 8.07. The van der Waals surface area contributed by atoms with E-state index in [4.69, 9.17) is 15.0 Å². The van der Waals surface area contributed by atoms with Gasteiger partial charge in [-0.2, -0.15) is 4.98 Å². The third-order valence-corrected chi connectivity index (χ3v) is 7.73. The molecule has 0 saturated heterocycles. The Bertz CT molecular complexity index is 1260. The van der Waals surface area contributed by atoms with Gasteiger partial charge in [-0.15, -0.1) is 0 Å². The first-order chi connectivity index (χ1) is 16.5. The number of para-hydroxylation sites is 1. The third kappa shape index (κ3) is 7.16. The summed E-state index contributed by atoms with van der Waals surface area (Å²) in [5, 5.41) is 2.89. The molecular weight excluding hydrogens is 471 g/mol. The number of aromatic nitrogens is 4. The van der Waals surface area contributed by atoms with Crippen LogP contribution in [-0.4, -0.2) is 44.3 Å². The second kappa shape index (κ2) is 11.0. The number of hydrogen-bond acceptors (Lipinski definition) is 8. The van der Waals surface area contributed by atoms with Gasteiger partial charge >= 0.3 is 13.5 Å². The number of nitrogens with one attached hydrogen (secondary N) is 2. The van der Waals surface area contributed by atoms with Gasteiger partial charge in [-0.1, -0.05) is 32.0 Å². The van der Waals surface area contributed by atoms with Crippen LogP contribution in [0.3, 0.4) is 0 Å². The molecule has 2 aromatic heterocycles. The molecule has 190 valence electrons. The summed E-state index contributed by atoms with van der Waals surface area (Å²) in [5.74, 6) is -0.00216. The molecule has 12 heteroatoms. The van der Waals surface area contributed by atoms with E-state index in [1.165, 1.54) is 0 Å². The van der Waals surface area contributed by atoms with Crippen molar-refractivity contribution < 1.29 is 18.6 Å². The zero-order valence-electron chi connectivity index (χ0n) is 20.5. The van der Waals surface area contributed by atoms with E-state index in [0.29, 0.717) is 30.8 Å². The maximum absolute atomic E-state index is 13.8. The average molecular weight is 505 g/mol. The fourth-order valence-electron chi connectivity index (χ4n) is 3.54. The van der Waals surface area contributed by atoms with E-state index in [2.05, 4.69) is 33.9 Å². The lowest BCUT2D eigenvalue weighted by molar-refractivity contribution is -0.144. The normalized spacial score (nSPS) is 14.4. The molecule has 2 heterocycles. The molecule has 0 fully saturated rings. The van der Waals surface area contributed by atoms with Crippen LogP contribution >= 0.6 is 7.52 Å². The second-order valence-corrected chi connectivity index (χ2v) is 11.4. The highest BCUT2D eigenvalue weighted by molar-refractivity contribution is 7.57. The number of ether oxygens (including phenoxy) is 1. The van der Waals surface area contributed by atoms with Crippen molar-refractivity contribution in [3.05, 3.63) is 47.0 Å². The molecule has 0 aliphatic heterocycles. The van der Waals surface area contributed by atoms with Gasteiger partial charge in [0.15, 0.2) is 11.2 Å². The number of nitrogens with two attached hydrogens (primary N) is 1. The third-order valence-electron chi connectivity index (χ3n) is 5.63. The van der Waals surface area contributed by atoms with Crippen molar-refractivity contribution >= 4 is 30.6 Å². The van der Waals surface area contributed by atoms with Crippen LogP contribution in [0.2, 0.25) is 0 Å². The Morgan fingerprint density at radius 3 is 2.69 bits per heavy atom. The predicted molar refractivity (Wildman–Crippen MR) is 134 cm³/mol. The van der Waals surface area contributed by atoms with Gasteiger partial charge in [0.25, 0.3) is 5.56 Å². The Morgan fingerprint density at radius 1 is 1.29 bits per heavy atom. The highest BCUT2D eigenvalue weighted by Gasteiger charge is 2.33. The lowest BCUT2D eigenvalue weighted by Gasteiger charge is -2.29. The van der Waals surface area contributed by atoms with Crippen LogP contribution in [0.25, 0.3) is 11.2 Å². The molecule has 0 bridgehead atoms. The molecule has 2 unspecified atom stereocenters. The number of fused-ring (bicyclic) bond motifs is 1. The number of nitrogens with zero attached hydrogens (tertiary/aromatic N) is 3. The van der Waals surface area contributed by atoms with Crippen LogP contribution in [-0.2, 0) is 20.6 Å². The van der Waals surface area contributed by atoms with E-state index in [1.54, 1.807) is 49.0 Å². The van der Waals surface area contributed by atoms with Gasteiger partial charge in [0.2, 0.25) is 5.95 Å². The summed E-state index contributed by atoms with van der Waals surface area (Å²) in [7, 11) is -3.45. The van der Waals surface area contributed by atoms with Crippen LogP contribution in [0.4, 0.5) is 5.95 Å². The number of nitrogen functional groups attached to an aromatic ring is 1. The smallest absolute Gasteiger partial charge is 0.323 e. The van der Waals surface area contributed by atoms with Crippen LogP contribution < -0.4 is 20.9 Å². The summed E-state index contributed by atoms with van der Waals surface area (Å²) in [5.41, 5.74) is 5.69. The number of esters is 1. The van der Waals surface area contributed by atoms with E-state index < -0.39 is 19.5 Å². The number of carbonyl (C=O) groups is 1. The van der Waals surface area contributed by atoms with E-state index in [0.717, 1.165) is 0 Å². The van der Waals surface area contributed by atoms with Gasteiger partial charge in [0.1, 0.15) is 11.8 Å². The molecule has 3 aromatic rings. The standard InChI is InChI=1S/C23H33N6O5P/c1-5-33-21(31)16(2)28-35(32,34-17-9-7-6-8-10-17)14-12-23(3,4)11-13-29-15-25-18-19(29)26-22(24)27-20(18)30/h6-10,15-16H,5,11-14H2,1-4H3,(H,28,32)(H3,24,26,27,30). The van der Waals surface area contributed by atoms with E-state index in [-0.39, 0.29) is 35.2 Å². The fourth-order valence-corrected chi connectivity index (χ4v) is 5.87. The average Bonchev–Trinajstić information content (AvgIpc) is 3.20. The molecule has 1 aromatic carbocycles. The number of H-pyrrole nitrogens is 1. The van der Waals surface area contributed by atoms with E-state index in [9.17, 15) is 14.2 Å². The van der Waals surface area contributed by atoms with Gasteiger partial charge in [-0.3, -0.25) is 19.1 Å². The highest BCUT2D eigenvalue weighted by atomic mass is 31.2. The molecule has 0 amide bonds. The molecule has 11 nitrogen and oxygen atoms in total. The first-order valence-electron chi connectivity index (χ1n) is 11.5. The number of rotatable bonds is 12. The van der Waals surface area contributed by atoms with Crippen LogP contribution in [0.1, 0.15) is 40.5 Å². The number of aromatic amines is 1. The molecule has 0 aliphatic rings. The number of imidazole rings is 1. The minimum atomic E-state index is -3.45. The summed E-state index contributed by atoms with van der Waals surface area (Å²) >= 11 is 0. The largest absolute Gasteiger partial charge is 0.465 e. The summed E-state index contributed by atoms with van der Waals surface area (Å²) in [6.45, 7) is 8.21. The predicted octanol–water partition coefficient (Wildman–Crippen LogP) is 3.32. The monoisotopic (exact) mass is 504 g/mol. The second-order valence-electron chi connectivity index (χ2n) is 9.13. The first kappa shape index (κ1) is 26.4. The first-order valence-corrected chi connectivity index (χ1v) is 13.3. The van der Waals surface area contributed by atoms with Crippen LogP contribution in [0, 0.1) is 5.41 Å². The van der Waals surface area contributed by atoms with Crippen molar-refractivity contribution in [3.63, 3.8) is 0 Å². The van der Waals surface area contributed by atoms with Crippen molar-refractivity contribution in [3.8, 4) is 5.75 Å². The molecular formula is C23H33N6O5P. The van der Waals surface area contributed by atoms with Crippen molar-refractivity contribution in [2.45, 2.75) is 53.1 Å². The number of hydrogen-bond donors (Lipinski definition) is 3. The molecule has 3 rings (SSSR count). The summed E-state index contributed by atoms with van der Waals surface area (Å²) in [4.78, 5) is 34.9. The highest BCUT2D eigenvalue weighted by Crippen LogP contribution is 2.46. The number of aryl methyl sites for hydroxylation is 1. The molecule has 0 spiro atoms. The zero-order valence-corrected chi connectivity index (χ0v) is 21.4. The Hall–Kier alpha value is -3.17. The Balaban J connectivity index is 1.70. The molecule has 0 radical (unpaired) electrons. The molecule has 4 N–H and O–H groups in total. The Morgan fingerprint density at radius 2 is 2.00 bits per heavy atom. The van der Waals surface area contributed by atoms with E-state index in [1.807, 2.05) is 6.07 Å². The van der Waals surface area contributed by atoms with Gasteiger partial charge in [-0.25, -0.2) is 10.1 Å². The summed E-state index contributed by atoms with van der Waals surface area (Å²) < 4.78 is 26.5. The van der Waals surface area contributed by atoms with Crippen molar-refractivity contribution in [1.29, 1.82) is 0 Å². The maximum Gasteiger partial charge on any atom is 0.323 e. The quantitative estimate of drug-likeness (QED) is 0.249. The lowest BCUT2D eigenvalue weighted by atomic mass is 9.86. The zero-order chi connectivity index (χ0) is 25.6. The molecule has 35 heavy (non-hydrogen) atoms. The Kier molecular flexibility index (Phi) is 8.34.